The minimum Gasteiger partial charge on any atom is -0.480 e. The summed E-state index contributed by atoms with van der Waals surface area (Å²) in [5.74, 6) is -1.41. The number of aromatic carboxylic acids is 1. The van der Waals surface area contributed by atoms with E-state index in [1.807, 2.05) is 17.6 Å². The van der Waals surface area contributed by atoms with Crippen LogP contribution in [-0.4, -0.2) is 49.8 Å². The van der Waals surface area contributed by atoms with Gasteiger partial charge in [-0.1, -0.05) is 36.7 Å². The summed E-state index contributed by atoms with van der Waals surface area (Å²) < 4.78 is 47.1. The molecule has 0 unspecified atom stereocenters. The topological polar surface area (TPSA) is 87.8 Å². The number of halogens is 3. The Bertz CT molecular complexity index is 1770. The van der Waals surface area contributed by atoms with Crippen molar-refractivity contribution < 1.29 is 29.9 Å². The molecule has 3 heterocycles. The highest BCUT2D eigenvalue weighted by molar-refractivity contribution is 6.30. The van der Waals surface area contributed by atoms with E-state index in [-0.39, 0.29) is 33.4 Å². The molecule has 224 valence electrons. The second-order valence-electron chi connectivity index (χ2n) is 11.1. The van der Waals surface area contributed by atoms with E-state index in [9.17, 15) is 19.4 Å². The number of piperidine rings is 1. The van der Waals surface area contributed by atoms with E-state index in [1.165, 1.54) is 18.2 Å². The molecule has 0 bridgehead atoms. The van der Waals surface area contributed by atoms with Gasteiger partial charge < -0.3 is 19.5 Å². The van der Waals surface area contributed by atoms with Crippen LogP contribution in [0.3, 0.4) is 0 Å². The van der Waals surface area contributed by atoms with E-state index >= 15 is 4.39 Å². The normalized spacial score (nSPS) is 20.3. The molecule has 0 saturated carbocycles. The molecule has 4 aromatic rings. The number of fused-ring (bicyclic) bond motifs is 2. The average Bonchev–Trinajstić information content (AvgIpc) is 3.32. The van der Waals surface area contributed by atoms with Crippen molar-refractivity contribution in [2.24, 2.45) is 0 Å². The van der Waals surface area contributed by atoms with Crippen molar-refractivity contribution in [2.75, 3.05) is 13.1 Å². The number of carboxylic acid groups (broad SMARTS) is 1. The number of ether oxygens (including phenoxy) is 1. The molecule has 0 amide bonds. The number of carboxylic acids is 1. The summed E-state index contributed by atoms with van der Waals surface area (Å²) in [6.07, 6.45) is 0.292. The standard InChI is InChI=1S/C33H32ClF2N3O4/c1-2-22(40)17-39-29-14-20(33(41)42)6-9-28(29)37-31(39)18-38-12-10-19(11-13-38)23-4-3-5-25-27(36)16-30(43-32(23)25)24-8-7-21(34)15-26(24)35/h3-9,14-16,19,22,30,40H,2,10-13,17-18H2,1H3,(H,41,42)/t22-,30+/m0/s1/i30D. The van der Waals surface area contributed by atoms with E-state index in [2.05, 4.69) is 4.90 Å². The van der Waals surface area contributed by atoms with Crippen molar-refractivity contribution in [1.29, 1.82) is 0 Å². The monoisotopic (exact) mass is 608 g/mol. The van der Waals surface area contributed by atoms with E-state index in [0.29, 0.717) is 43.6 Å². The van der Waals surface area contributed by atoms with Gasteiger partial charge in [-0.25, -0.2) is 18.6 Å². The number of rotatable bonds is 8. The van der Waals surface area contributed by atoms with Crippen LogP contribution in [0.25, 0.3) is 16.9 Å². The largest absolute Gasteiger partial charge is 0.480 e. The maximum absolute atomic E-state index is 15.4. The molecule has 2 N–H and O–H groups in total. The first-order valence-corrected chi connectivity index (χ1v) is 14.7. The molecule has 6 rings (SSSR count). The third kappa shape index (κ3) is 5.89. The van der Waals surface area contributed by atoms with E-state index in [4.69, 9.17) is 22.7 Å². The quantitative estimate of drug-likeness (QED) is 0.221. The van der Waals surface area contributed by atoms with Crippen molar-refractivity contribution in [3.8, 4) is 5.75 Å². The summed E-state index contributed by atoms with van der Waals surface area (Å²) in [6.45, 7) is 4.10. The number of imidazole rings is 1. The van der Waals surface area contributed by atoms with E-state index < -0.39 is 29.8 Å². The number of hydrogen-bond acceptors (Lipinski definition) is 5. The molecule has 43 heavy (non-hydrogen) atoms. The van der Waals surface area contributed by atoms with Crippen molar-refractivity contribution in [1.82, 2.24) is 14.5 Å². The van der Waals surface area contributed by atoms with Crippen molar-refractivity contribution >= 4 is 34.4 Å². The number of nitrogens with zero attached hydrogens (tertiary/aromatic N) is 3. The lowest BCUT2D eigenvalue weighted by molar-refractivity contribution is 0.0697. The number of likely N-dealkylation sites (tertiary alicyclic amines) is 1. The first-order valence-electron chi connectivity index (χ1n) is 14.9. The van der Waals surface area contributed by atoms with Gasteiger partial charge in [0, 0.05) is 10.6 Å². The first kappa shape index (κ1) is 28.0. The second kappa shape index (κ2) is 12.1. The number of hydrogen-bond donors (Lipinski definition) is 2. The third-order valence-electron chi connectivity index (χ3n) is 8.30. The summed E-state index contributed by atoms with van der Waals surface area (Å²) in [6, 6.07) is 13.9. The molecule has 10 heteroatoms. The molecule has 2 aliphatic rings. The molecule has 1 fully saturated rings. The minimum atomic E-state index is -2.09. The van der Waals surface area contributed by atoms with Gasteiger partial charge in [-0.2, -0.15) is 0 Å². The van der Waals surface area contributed by atoms with Crippen molar-refractivity contribution in [3.05, 3.63) is 99.6 Å². The van der Waals surface area contributed by atoms with Gasteiger partial charge >= 0.3 is 5.97 Å². The molecular formula is C33H32ClF2N3O4. The zero-order valence-corrected chi connectivity index (χ0v) is 24.3. The molecule has 3 aromatic carbocycles. The number of benzene rings is 3. The van der Waals surface area contributed by atoms with Crippen LogP contribution in [0.1, 0.15) is 72.4 Å². The number of aliphatic hydroxyl groups is 1. The molecule has 0 radical (unpaired) electrons. The predicted octanol–water partition coefficient (Wildman–Crippen LogP) is 7.12. The van der Waals surface area contributed by atoms with Crippen molar-refractivity contribution in [3.63, 3.8) is 0 Å². The first-order chi connectivity index (χ1) is 21.1. The van der Waals surface area contributed by atoms with Gasteiger partial charge in [0.2, 0.25) is 0 Å². The van der Waals surface area contributed by atoms with E-state index in [0.717, 1.165) is 36.4 Å². The molecular weight excluding hydrogens is 576 g/mol. The van der Waals surface area contributed by atoms with Gasteiger partial charge in [0.05, 0.1) is 42.7 Å². The van der Waals surface area contributed by atoms with E-state index in [1.54, 1.807) is 24.3 Å². The van der Waals surface area contributed by atoms with Crippen LogP contribution < -0.4 is 4.74 Å². The molecule has 7 nitrogen and oxygen atoms in total. The molecule has 1 saturated heterocycles. The summed E-state index contributed by atoms with van der Waals surface area (Å²) in [4.78, 5) is 18.6. The maximum atomic E-state index is 15.4. The zero-order valence-electron chi connectivity index (χ0n) is 24.6. The van der Waals surface area contributed by atoms with Gasteiger partial charge in [-0.05, 0) is 86.3 Å². The van der Waals surface area contributed by atoms with Crippen LogP contribution in [0.4, 0.5) is 8.78 Å². The fraction of sp³-hybridized carbons (Fsp3) is 0.333. The Hall–Kier alpha value is -3.79. The minimum absolute atomic E-state index is 0.0188. The van der Waals surface area contributed by atoms with Crippen LogP contribution in [0.5, 0.6) is 5.75 Å². The van der Waals surface area contributed by atoms with Gasteiger partial charge in [0.25, 0.3) is 0 Å². The molecule has 0 aliphatic carbocycles. The summed E-state index contributed by atoms with van der Waals surface area (Å²) in [5.41, 5.74) is 2.39. The second-order valence-corrected chi connectivity index (χ2v) is 11.5. The SMILES string of the molecule is [2H][C@]1(c2ccc(Cl)cc2F)C=C(F)c2cccc(C3CCN(Cc4nc5ccc(C(=O)O)cc5n4C[C@@H](O)CC)CC3)c2O1. The lowest BCUT2D eigenvalue weighted by atomic mass is 9.86. The fourth-order valence-corrected chi connectivity index (χ4v) is 6.06. The Kier molecular flexibility index (Phi) is 7.86. The van der Waals surface area contributed by atoms with Gasteiger partial charge in [-0.3, -0.25) is 4.90 Å². The highest BCUT2D eigenvalue weighted by Gasteiger charge is 2.31. The third-order valence-corrected chi connectivity index (χ3v) is 8.54. The highest BCUT2D eigenvalue weighted by Crippen LogP contribution is 2.45. The summed E-state index contributed by atoms with van der Waals surface area (Å²) >= 11 is 5.90. The molecule has 1 aromatic heterocycles. The van der Waals surface area contributed by atoms with Crippen LogP contribution in [0, 0.1) is 5.82 Å². The Morgan fingerprint density at radius 2 is 1.95 bits per heavy atom. The Labute approximate surface area is 254 Å². The van der Waals surface area contributed by atoms with Crippen LogP contribution in [-0.2, 0) is 13.1 Å². The van der Waals surface area contributed by atoms with Gasteiger partial charge in [0.15, 0.2) is 0 Å². The number of aromatic nitrogens is 2. The lowest BCUT2D eigenvalue weighted by Crippen LogP contribution is -2.34. The van der Waals surface area contributed by atoms with Crippen molar-refractivity contribution in [2.45, 2.75) is 57.4 Å². The van der Waals surface area contributed by atoms with Crippen LogP contribution >= 0.6 is 11.6 Å². The Morgan fingerprint density at radius 1 is 1.16 bits per heavy atom. The summed E-state index contributed by atoms with van der Waals surface area (Å²) in [5, 5.41) is 20.1. The number of carbonyl (C=O) groups is 1. The molecule has 2 atom stereocenters. The number of para-hydroxylation sites is 1. The Balaban J connectivity index is 1.23. The van der Waals surface area contributed by atoms with Crippen LogP contribution in [0.2, 0.25) is 5.02 Å². The highest BCUT2D eigenvalue weighted by atomic mass is 35.5. The molecule has 0 spiro atoms. The van der Waals surface area contributed by atoms with Gasteiger partial charge in [0.1, 0.15) is 29.3 Å². The lowest BCUT2D eigenvalue weighted by Gasteiger charge is -2.34. The molecule has 2 aliphatic heterocycles. The predicted molar refractivity (Wildman–Crippen MR) is 161 cm³/mol. The zero-order chi connectivity index (χ0) is 31.2. The smallest absolute Gasteiger partial charge is 0.335 e. The fourth-order valence-electron chi connectivity index (χ4n) is 5.90. The Morgan fingerprint density at radius 3 is 2.67 bits per heavy atom. The number of aliphatic hydroxyl groups excluding tert-OH is 1. The van der Waals surface area contributed by atoms with Gasteiger partial charge in [-0.15, -0.1) is 0 Å². The average molecular weight is 609 g/mol. The van der Waals surface area contributed by atoms with Crippen LogP contribution in [0.15, 0.2) is 60.7 Å². The maximum Gasteiger partial charge on any atom is 0.335 e. The summed E-state index contributed by atoms with van der Waals surface area (Å²) in [7, 11) is 0.